The van der Waals surface area contributed by atoms with Crippen molar-refractivity contribution in [3.63, 3.8) is 0 Å². The van der Waals surface area contributed by atoms with Gasteiger partial charge in [-0.3, -0.25) is 4.79 Å². The summed E-state index contributed by atoms with van der Waals surface area (Å²) in [4.78, 5) is 60.3. The van der Waals surface area contributed by atoms with Crippen molar-refractivity contribution in [1.29, 1.82) is 0 Å². The molecule has 2 saturated heterocycles. The largest absolute Gasteiger partial charge is 0.453 e. The van der Waals surface area contributed by atoms with Gasteiger partial charge in [0.05, 0.1) is 42.1 Å². The number of carbonyl (C=O) groups excluding carboxylic acids is 3. The van der Waals surface area contributed by atoms with Crippen molar-refractivity contribution < 1.29 is 19.1 Å². The van der Waals surface area contributed by atoms with E-state index < -0.39 is 12.1 Å². The van der Waals surface area contributed by atoms with Crippen LogP contribution in [0.5, 0.6) is 0 Å². The van der Waals surface area contributed by atoms with E-state index in [2.05, 4.69) is 39.0 Å². The van der Waals surface area contributed by atoms with Gasteiger partial charge in [-0.05, 0) is 73.9 Å². The van der Waals surface area contributed by atoms with Crippen LogP contribution in [0.4, 0.5) is 9.59 Å². The van der Waals surface area contributed by atoms with Gasteiger partial charge in [-0.1, -0.05) is 44.7 Å². The molecule has 0 spiro atoms. The van der Waals surface area contributed by atoms with E-state index in [0.717, 1.165) is 90.3 Å². The Morgan fingerprint density at radius 1 is 0.943 bits per heavy atom. The summed E-state index contributed by atoms with van der Waals surface area (Å²) in [6, 6.07) is 13.0. The van der Waals surface area contributed by atoms with Crippen LogP contribution in [0, 0.1) is 17.8 Å². The normalized spacial score (nSPS) is 16.9. The van der Waals surface area contributed by atoms with E-state index in [0.29, 0.717) is 6.54 Å². The van der Waals surface area contributed by atoms with Gasteiger partial charge >= 0.3 is 12.1 Å². The van der Waals surface area contributed by atoms with Crippen molar-refractivity contribution in [3.05, 3.63) is 71.4 Å². The third kappa shape index (κ3) is 9.65. The molecular weight excluding hydrogens is 729 g/mol. The van der Waals surface area contributed by atoms with Crippen molar-refractivity contribution in [2.24, 2.45) is 5.92 Å². The van der Waals surface area contributed by atoms with Gasteiger partial charge in [-0.2, -0.15) is 40.5 Å². The molecule has 4 heterocycles. The zero-order chi connectivity index (χ0) is 35.4. The van der Waals surface area contributed by atoms with E-state index in [9.17, 15) is 14.4 Å². The number of fused-ring (bicyclic) bond motifs is 1. The van der Waals surface area contributed by atoms with Gasteiger partial charge < -0.3 is 34.7 Å². The highest BCUT2D eigenvalue weighted by Crippen LogP contribution is 2.34. The van der Waals surface area contributed by atoms with E-state index in [-0.39, 0.29) is 70.4 Å². The fourth-order valence-corrected chi connectivity index (χ4v) is 6.92. The first-order chi connectivity index (χ1) is 24.2. The molecule has 286 valence electrons. The number of H-pyrrole nitrogens is 2. The molecule has 2 aromatic heterocycles. The molecule has 0 radical (unpaired) electrons. The number of amides is 4. The summed E-state index contributed by atoms with van der Waals surface area (Å²) in [5.74, 6) is 7.84. The number of nitrogens with zero attached hydrogens (tertiary/aromatic N) is 5. The minimum atomic E-state index is -0.683. The van der Waals surface area contributed by atoms with Gasteiger partial charge in [0.15, 0.2) is 0 Å². The molecule has 4 aromatic rings. The molecule has 6 rings (SSSR count). The zero-order valence-electron chi connectivity index (χ0n) is 31.0. The maximum absolute atomic E-state index is 13.5. The van der Waals surface area contributed by atoms with Gasteiger partial charge in [0.2, 0.25) is 5.91 Å². The molecular formula is C38H52N8O4S3. The quantitative estimate of drug-likeness (QED) is 0.179. The number of urea groups is 1. The van der Waals surface area contributed by atoms with Crippen molar-refractivity contribution in [3.8, 4) is 23.1 Å². The highest BCUT2D eigenvalue weighted by Gasteiger charge is 2.38. The molecule has 4 amide bonds. The lowest BCUT2D eigenvalue weighted by atomic mass is 10.0. The molecule has 12 nitrogen and oxygen atoms in total. The Morgan fingerprint density at radius 3 is 2.25 bits per heavy atom. The molecule has 3 N–H and O–H groups in total. The van der Waals surface area contributed by atoms with E-state index in [4.69, 9.17) is 9.72 Å². The SMILES string of the molecule is CCCN(C)C(=O)N1CCC[C@H]1c1ncc(-c2ccc(C#Cc3ccc4nc([C@@H]5CCCN5C(=O)[C@@H](NC(=O)OC)C(C)C)[nH]c4c3)cc2)[nH]1.S.S.S. The average Bonchev–Trinajstić information content (AvgIpc) is 3.95. The Balaban J connectivity index is 0.00000252. The number of nitrogens with one attached hydrogen (secondary N) is 3. The first-order valence-corrected chi connectivity index (χ1v) is 17.5. The molecule has 3 atom stereocenters. The van der Waals surface area contributed by atoms with Crippen LogP contribution in [0.25, 0.3) is 22.3 Å². The summed E-state index contributed by atoms with van der Waals surface area (Å²) in [5, 5.41) is 2.69. The summed E-state index contributed by atoms with van der Waals surface area (Å²) < 4.78 is 4.75. The number of hydrogen-bond acceptors (Lipinski definition) is 6. The number of methoxy groups -OCH3 is 1. The van der Waals surface area contributed by atoms with Crippen LogP contribution in [0.2, 0.25) is 0 Å². The third-order valence-electron chi connectivity index (χ3n) is 9.59. The lowest BCUT2D eigenvalue weighted by Crippen LogP contribution is -2.51. The summed E-state index contributed by atoms with van der Waals surface area (Å²) in [6.45, 7) is 7.96. The highest BCUT2D eigenvalue weighted by atomic mass is 32.1. The average molecular weight is 781 g/mol. The molecule has 0 unspecified atom stereocenters. The van der Waals surface area contributed by atoms with Crippen LogP contribution >= 0.6 is 40.5 Å². The Kier molecular flexibility index (Phi) is 15.6. The fraction of sp³-hybridized carbons (Fsp3) is 0.447. The van der Waals surface area contributed by atoms with E-state index >= 15 is 0 Å². The topological polar surface area (TPSA) is 140 Å². The van der Waals surface area contributed by atoms with Gasteiger partial charge in [-0.25, -0.2) is 19.6 Å². The first kappa shape index (κ1) is 43.1. The number of aromatic amines is 2. The molecule has 15 heteroatoms. The van der Waals surface area contributed by atoms with Crippen LogP contribution < -0.4 is 5.32 Å². The maximum Gasteiger partial charge on any atom is 0.407 e. The maximum atomic E-state index is 13.5. The second-order valence-corrected chi connectivity index (χ2v) is 13.5. The van der Waals surface area contributed by atoms with E-state index in [1.165, 1.54) is 7.11 Å². The first-order valence-electron chi connectivity index (χ1n) is 17.5. The van der Waals surface area contributed by atoms with Gasteiger partial charge in [-0.15, -0.1) is 0 Å². The predicted octanol–water partition coefficient (Wildman–Crippen LogP) is 6.33. The van der Waals surface area contributed by atoms with Crippen molar-refractivity contribution >= 4 is 69.6 Å². The lowest BCUT2D eigenvalue weighted by Gasteiger charge is -2.29. The molecule has 2 aromatic carbocycles. The third-order valence-corrected chi connectivity index (χ3v) is 9.59. The van der Waals surface area contributed by atoms with Gasteiger partial charge in [0.25, 0.3) is 0 Å². The van der Waals surface area contributed by atoms with Gasteiger partial charge in [0, 0.05) is 37.8 Å². The monoisotopic (exact) mass is 780 g/mol. The van der Waals surface area contributed by atoms with Crippen LogP contribution in [0.1, 0.15) is 87.7 Å². The number of likely N-dealkylation sites (tertiary alicyclic amines) is 2. The number of benzene rings is 2. The Labute approximate surface area is 332 Å². The minimum Gasteiger partial charge on any atom is -0.453 e. The van der Waals surface area contributed by atoms with Crippen LogP contribution in [0.3, 0.4) is 0 Å². The lowest BCUT2D eigenvalue weighted by molar-refractivity contribution is -0.135. The summed E-state index contributed by atoms with van der Waals surface area (Å²) in [7, 11) is 3.15. The second kappa shape index (κ2) is 19.2. The zero-order valence-corrected chi connectivity index (χ0v) is 34.0. The Morgan fingerprint density at radius 2 is 1.58 bits per heavy atom. The van der Waals surface area contributed by atoms with Crippen LogP contribution in [-0.2, 0) is 9.53 Å². The molecule has 0 saturated carbocycles. The fourth-order valence-electron chi connectivity index (χ4n) is 6.92. The smallest absolute Gasteiger partial charge is 0.407 e. The molecule has 2 aliphatic heterocycles. The molecule has 0 aliphatic carbocycles. The van der Waals surface area contributed by atoms with Crippen molar-refractivity contribution in [2.75, 3.05) is 33.8 Å². The molecule has 2 fully saturated rings. The Bertz CT molecular complexity index is 1920. The van der Waals surface area contributed by atoms with E-state index in [1.54, 1.807) is 4.90 Å². The highest BCUT2D eigenvalue weighted by molar-refractivity contribution is 7.59. The summed E-state index contributed by atoms with van der Waals surface area (Å²) in [6.07, 6.45) is 5.64. The standard InChI is InChI=1S/C38H46N8O4.3H2S/c1-6-19-44(4)38(49)46-21-8-9-31(46)34-39-23-30(42-34)27-16-13-25(14-17-27)11-12-26-15-18-28-29(22-26)41-35(40-28)32-10-7-20-45(32)36(47)33(24(2)3)43-37(48)50-5;;;/h13-18,22-24,31-33H,6-10,19-21H2,1-5H3,(H,39,42)(H,40,41)(H,43,48);3*1H2/t31-,32-,33-;;;/m0.../s1. The predicted molar refractivity (Wildman–Crippen MR) is 222 cm³/mol. The second-order valence-electron chi connectivity index (χ2n) is 13.5. The Hall–Kier alpha value is -4.26. The molecule has 0 bridgehead atoms. The number of hydrogen-bond donors (Lipinski definition) is 3. The molecule has 2 aliphatic rings. The summed E-state index contributed by atoms with van der Waals surface area (Å²) >= 11 is 0. The van der Waals surface area contributed by atoms with Gasteiger partial charge in [0.1, 0.15) is 17.7 Å². The summed E-state index contributed by atoms with van der Waals surface area (Å²) in [5.41, 5.74) is 5.29. The van der Waals surface area contributed by atoms with Crippen LogP contribution in [0.15, 0.2) is 48.7 Å². The number of alkyl carbamates (subject to hydrolysis) is 1. The number of ether oxygens (including phenoxy) is 1. The number of aromatic nitrogens is 4. The van der Waals surface area contributed by atoms with Crippen molar-refractivity contribution in [2.45, 2.75) is 71.0 Å². The molecule has 53 heavy (non-hydrogen) atoms. The van der Waals surface area contributed by atoms with Crippen molar-refractivity contribution in [1.82, 2.24) is 40.0 Å². The minimum absolute atomic E-state index is 0. The van der Waals surface area contributed by atoms with Crippen LogP contribution in [-0.4, -0.2) is 92.5 Å². The van der Waals surface area contributed by atoms with E-state index in [1.807, 2.05) is 79.4 Å². The number of carbonyl (C=O) groups is 3. The number of imidazole rings is 2. The number of rotatable bonds is 8.